The van der Waals surface area contributed by atoms with Gasteiger partial charge in [-0.2, -0.15) is 0 Å². The molecule has 0 bridgehead atoms. The standard InChI is InChI=1S/C28H47Si3/c1-26(2,3)30(9,10)25(31(11,12)27(4,5)6)28(7,8)29(23-19-15-13-16-20-23)24-21-17-14-18-22-24/h13-22,25H,1-12H3. The van der Waals surface area contributed by atoms with Gasteiger partial charge < -0.3 is 0 Å². The van der Waals surface area contributed by atoms with Crippen LogP contribution in [0.25, 0.3) is 0 Å². The molecule has 0 aromatic heterocycles. The van der Waals surface area contributed by atoms with Gasteiger partial charge in [-0.3, -0.25) is 0 Å². The van der Waals surface area contributed by atoms with Crippen molar-refractivity contribution in [1.82, 2.24) is 0 Å². The lowest BCUT2D eigenvalue weighted by molar-refractivity contribution is 0.599. The Morgan fingerprint density at radius 1 is 0.548 bits per heavy atom. The minimum Gasteiger partial charge on any atom is -0.0690 e. The second-order valence-electron chi connectivity index (χ2n) is 13.2. The first kappa shape index (κ1) is 26.3. The van der Waals surface area contributed by atoms with E-state index in [-0.39, 0.29) is 5.04 Å². The van der Waals surface area contributed by atoms with E-state index in [0.29, 0.717) is 10.1 Å². The van der Waals surface area contributed by atoms with E-state index in [1.165, 1.54) is 0 Å². The average Bonchev–Trinajstić information content (AvgIpc) is 2.60. The average molecular weight is 468 g/mol. The highest BCUT2D eigenvalue weighted by Crippen LogP contribution is 2.63. The summed E-state index contributed by atoms with van der Waals surface area (Å²) in [4.78, 5) is 0. The Balaban J connectivity index is 2.86. The second-order valence-corrected chi connectivity index (χ2v) is 28.0. The maximum Gasteiger partial charge on any atom is 0.126 e. The summed E-state index contributed by atoms with van der Waals surface area (Å²) in [6.45, 7) is 31.2. The molecule has 0 saturated carbocycles. The van der Waals surface area contributed by atoms with Crippen molar-refractivity contribution in [2.75, 3.05) is 0 Å². The van der Waals surface area contributed by atoms with Crippen molar-refractivity contribution in [3.05, 3.63) is 60.7 Å². The molecule has 0 unspecified atom stereocenters. The lowest BCUT2D eigenvalue weighted by Gasteiger charge is -2.61. The Bertz CT molecular complexity index is 772. The molecule has 2 rings (SSSR count). The first-order chi connectivity index (χ1) is 14.0. The van der Waals surface area contributed by atoms with Gasteiger partial charge >= 0.3 is 0 Å². The zero-order valence-corrected chi connectivity index (χ0v) is 25.4. The smallest absolute Gasteiger partial charge is 0.0690 e. The summed E-state index contributed by atoms with van der Waals surface area (Å²) in [6, 6.07) is 22.9. The van der Waals surface area contributed by atoms with Crippen molar-refractivity contribution in [3.8, 4) is 0 Å². The van der Waals surface area contributed by atoms with Crippen LogP contribution in [-0.4, -0.2) is 24.9 Å². The number of hydrogen-bond acceptors (Lipinski definition) is 0. The first-order valence-corrected chi connectivity index (χ1v) is 19.6. The fourth-order valence-electron chi connectivity index (χ4n) is 5.84. The Hall–Kier alpha value is -0.909. The van der Waals surface area contributed by atoms with Crippen LogP contribution in [-0.2, 0) is 0 Å². The van der Waals surface area contributed by atoms with Crippen LogP contribution in [0, 0.1) is 0 Å². The molecule has 0 aliphatic heterocycles. The fourth-order valence-corrected chi connectivity index (χ4v) is 27.2. The molecule has 0 aliphatic rings. The zero-order chi connectivity index (χ0) is 23.9. The topological polar surface area (TPSA) is 0 Å². The summed E-state index contributed by atoms with van der Waals surface area (Å²) in [7, 11) is -4.30. The maximum absolute atomic E-state index is 2.70. The van der Waals surface area contributed by atoms with Crippen LogP contribution in [0.2, 0.25) is 46.5 Å². The van der Waals surface area contributed by atoms with Crippen molar-refractivity contribution >= 4 is 35.3 Å². The van der Waals surface area contributed by atoms with Crippen LogP contribution < -0.4 is 10.4 Å². The normalized spacial score (nSPS) is 14.4. The zero-order valence-electron chi connectivity index (χ0n) is 22.4. The van der Waals surface area contributed by atoms with Crippen molar-refractivity contribution in [3.63, 3.8) is 0 Å². The quantitative estimate of drug-likeness (QED) is 0.377. The molecule has 31 heavy (non-hydrogen) atoms. The van der Waals surface area contributed by atoms with E-state index in [4.69, 9.17) is 0 Å². The van der Waals surface area contributed by atoms with Crippen molar-refractivity contribution < 1.29 is 0 Å². The Kier molecular flexibility index (Phi) is 7.47. The predicted octanol–water partition coefficient (Wildman–Crippen LogP) is 8.00. The molecule has 0 amide bonds. The van der Waals surface area contributed by atoms with Crippen LogP contribution >= 0.6 is 0 Å². The minimum absolute atomic E-state index is 0.249. The second kappa shape index (κ2) is 8.79. The number of benzene rings is 2. The van der Waals surface area contributed by atoms with Crippen molar-refractivity contribution in [2.45, 2.75) is 102 Å². The lowest BCUT2D eigenvalue weighted by atomic mass is 10.2. The number of hydrogen-bond donors (Lipinski definition) is 0. The van der Waals surface area contributed by atoms with Gasteiger partial charge in [-0.05, 0) is 20.3 Å². The predicted molar refractivity (Wildman–Crippen MR) is 150 cm³/mol. The van der Waals surface area contributed by atoms with Crippen LogP contribution in [0.15, 0.2) is 60.7 Å². The largest absolute Gasteiger partial charge is 0.126 e. The lowest BCUT2D eigenvalue weighted by Crippen LogP contribution is -2.65. The van der Waals surface area contributed by atoms with E-state index in [1.54, 1.807) is 10.4 Å². The molecule has 0 atom stereocenters. The van der Waals surface area contributed by atoms with E-state index in [2.05, 4.69) is 142 Å². The summed E-state index contributed by atoms with van der Waals surface area (Å²) in [5.74, 6) is 0. The van der Waals surface area contributed by atoms with Crippen LogP contribution in [0.1, 0.15) is 55.4 Å². The Morgan fingerprint density at radius 2 is 0.839 bits per heavy atom. The van der Waals surface area contributed by atoms with E-state index in [1.807, 2.05) is 0 Å². The maximum atomic E-state index is 2.70. The van der Waals surface area contributed by atoms with Gasteiger partial charge in [0.15, 0.2) is 0 Å². The third kappa shape index (κ3) is 5.04. The van der Waals surface area contributed by atoms with Gasteiger partial charge in [0, 0.05) is 0 Å². The highest BCUT2D eigenvalue weighted by atomic mass is 28.4. The number of rotatable bonds is 6. The van der Waals surface area contributed by atoms with Crippen LogP contribution in [0.5, 0.6) is 0 Å². The summed E-state index contributed by atoms with van der Waals surface area (Å²) in [5.41, 5.74) is 0. The summed E-state index contributed by atoms with van der Waals surface area (Å²) < 4.78 is 0. The van der Waals surface area contributed by atoms with Gasteiger partial charge in [0.1, 0.15) is 8.80 Å². The first-order valence-electron chi connectivity index (χ1n) is 11.9. The molecular formula is C28H47Si3. The van der Waals surface area contributed by atoms with Gasteiger partial charge in [0.05, 0.1) is 16.1 Å². The molecule has 0 nitrogen and oxygen atoms in total. The monoisotopic (exact) mass is 467 g/mol. The SMILES string of the molecule is CC(C)(C([Si](C)(C)C(C)(C)C)[Si](C)(C)C(C)(C)C)[Si](c1ccccc1)c1ccccc1. The molecule has 0 spiro atoms. The Morgan fingerprint density at radius 3 is 1.10 bits per heavy atom. The van der Waals surface area contributed by atoms with E-state index < -0.39 is 24.9 Å². The minimum atomic E-state index is -1.66. The fraction of sp³-hybridized carbons (Fsp3) is 0.571. The summed E-state index contributed by atoms with van der Waals surface area (Å²) in [6.07, 6.45) is 0. The third-order valence-electron chi connectivity index (χ3n) is 8.80. The van der Waals surface area contributed by atoms with E-state index >= 15 is 0 Å². The van der Waals surface area contributed by atoms with Gasteiger partial charge in [-0.1, -0.05) is 153 Å². The Labute approximate surface area is 197 Å². The van der Waals surface area contributed by atoms with Gasteiger partial charge in [-0.15, -0.1) is 0 Å². The molecule has 3 heteroatoms. The van der Waals surface area contributed by atoms with Crippen LogP contribution in [0.3, 0.4) is 0 Å². The van der Waals surface area contributed by atoms with Crippen molar-refractivity contribution in [2.24, 2.45) is 0 Å². The molecule has 0 aliphatic carbocycles. The summed E-state index contributed by atoms with van der Waals surface area (Å²) in [5, 5.41) is 4.90. The molecule has 0 heterocycles. The molecule has 171 valence electrons. The van der Waals surface area contributed by atoms with Gasteiger partial charge in [-0.25, -0.2) is 0 Å². The van der Waals surface area contributed by atoms with Gasteiger partial charge in [0.2, 0.25) is 0 Å². The molecule has 2 aromatic carbocycles. The van der Waals surface area contributed by atoms with Crippen LogP contribution in [0.4, 0.5) is 0 Å². The van der Waals surface area contributed by atoms with Gasteiger partial charge in [0.25, 0.3) is 0 Å². The third-order valence-corrected chi connectivity index (χ3v) is 29.2. The highest BCUT2D eigenvalue weighted by Gasteiger charge is 2.60. The molecule has 2 aromatic rings. The molecule has 0 fully saturated rings. The molecular weight excluding hydrogens is 421 g/mol. The summed E-state index contributed by atoms with van der Waals surface area (Å²) >= 11 is 0. The molecule has 0 N–H and O–H groups in total. The van der Waals surface area contributed by atoms with E-state index in [9.17, 15) is 0 Å². The molecule has 1 radical (unpaired) electrons. The van der Waals surface area contributed by atoms with Crippen molar-refractivity contribution in [1.29, 1.82) is 0 Å². The highest BCUT2D eigenvalue weighted by molar-refractivity contribution is 7.03. The molecule has 0 saturated heterocycles. The van der Waals surface area contributed by atoms with E-state index in [0.717, 1.165) is 5.16 Å².